The zero-order chi connectivity index (χ0) is 15.1. The van der Waals surface area contributed by atoms with Gasteiger partial charge in [-0.1, -0.05) is 12.1 Å². The Labute approximate surface area is 117 Å². The molecule has 1 rings (SSSR count). The summed E-state index contributed by atoms with van der Waals surface area (Å²) in [5.74, 6) is -0.578. The molecule has 1 aromatic carbocycles. The molecule has 0 aromatic heterocycles. The van der Waals surface area contributed by atoms with Crippen LogP contribution in [0.3, 0.4) is 0 Å². The summed E-state index contributed by atoms with van der Waals surface area (Å²) in [5, 5.41) is 24.9. The minimum atomic E-state index is -0.996. The average Bonchev–Trinajstić information content (AvgIpc) is 2.38. The van der Waals surface area contributed by atoms with Crippen LogP contribution in [0.4, 0.5) is 5.69 Å². The molecule has 0 spiro atoms. The van der Waals surface area contributed by atoms with Gasteiger partial charge < -0.3 is 20.8 Å². The van der Waals surface area contributed by atoms with Crippen molar-refractivity contribution in [1.29, 1.82) is 0 Å². The fourth-order valence-electron chi connectivity index (χ4n) is 1.74. The molecule has 1 aromatic rings. The van der Waals surface area contributed by atoms with Gasteiger partial charge in [-0.25, -0.2) is 0 Å². The molecule has 2 atom stereocenters. The minimum absolute atomic E-state index is 0.161. The number of benzene rings is 1. The Hall–Kier alpha value is -1.76. The molecule has 0 heterocycles. The number of aliphatic hydroxyl groups excluding tert-OH is 2. The number of amides is 1. The molecule has 0 saturated carbocycles. The van der Waals surface area contributed by atoms with E-state index in [2.05, 4.69) is 10.6 Å². The highest BCUT2D eigenvalue weighted by atomic mass is 16.3. The van der Waals surface area contributed by atoms with Gasteiger partial charge in [0.25, 0.3) is 0 Å². The summed E-state index contributed by atoms with van der Waals surface area (Å²) < 4.78 is 0. The van der Waals surface area contributed by atoms with Gasteiger partial charge in [-0.15, -0.1) is 0 Å². The summed E-state index contributed by atoms with van der Waals surface area (Å²) in [6.45, 7) is 1.63. The largest absolute Gasteiger partial charge is 0.389 e. The Balaban J connectivity index is 2.64. The third-order valence-corrected chi connectivity index (χ3v) is 2.72. The topological polar surface area (TPSA) is 98.7 Å². The first kappa shape index (κ1) is 16.3. The van der Waals surface area contributed by atoms with Crippen molar-refractivity contribution in [3.8, 4) is 0 Å². The lowest BCUT2D eigenvalue weighted by molar-refractivity contribution is -0.124. The molecule has 2 unspecified atom stereocenters. The van der Waals surface area contributed by atoms with E-state index in [4.69, 9.17) is 0 Å². The van der Waals surface area contributed by atoms with Crippen molar-refractivity contribution in [3.63, 3.8) is 0 Å². The van der Waals surface area contributed by atoms with Crippen LogP contribution in [-0.4, -0.2) is 41.6 Å². The lowest BCUT2D eigenvalue weighted by Gasteiger charge is -2.18. The zero-order valence-corrected chi connectivity index (χ0v) is 11.6. The monoisotopic (exact) mass is 280 g/mol. The van der Waals surface area contributed by atoms with Gasteiger partial charge in [0.05, 0.1) is 12.5 Å². The quantitative estimate of drug-likeness (QED) is 0.535. The van der Waals surface area contributed by atoms with E-state index in [1.54, 1.807) is 31.3 Å². The fourth-order valence-corrected chi connectivity index (χ4v) is 1.74. The number of nitrogens with one attached hydrogen (secondary N) is 2. The number of aliphatic hydroxyl groups is 2. The van der Waals surface area contributed by atoms with Gasteiger partial charge in [-0.3, -0.25) is 9.59 Å². The Morgan fingerprint density at radius 2 is 1.80 bits per heavy atom. The lowest BCUT2D eigenvalue weighted by Crippen LogP contribution is -2.29. The van der Waals surface area contributed by atoms with Gasteiger partial charge in [-0.2, -0.15) is 0 Å². The van der Waals surface area contributed by atoms with E-state index < -0.39 is 12.2 Å². The van der Waals surface area contributed by atoms with Crippen molar-refractivity contribution < 1.29 is 19.8 Å². The van der Waals surface area contributed by atoms with E-state index in [0.717, 1.165) is 0 Å². The maximum absolute atomic E-state index is 11.4. The Morgan fingerprint density at radius 1 is 1.20 bits per heavy atom. The second kappa shape index (κ2) is 7.74. The summed E-state index contributed by atoms with van der Waals surface area (Å²) in [5.41, 5.74) is 1.09. The molecule has 0 aliphatic carbocycles. The molecular weight excluding hydrogens is 260 g/mol. The molecule has 0 aliphatic heterocycles. The first-order chi connectivity index (χ1) is 9.43. The molecule has 20 heavy (non-hydrogen) atoms. The third-order valence-electron chi connectivity index (χ3n) is 2.72. The second-order valence-corrected chi connectivity index (χ2v) is 4.62. The molecule has 0 aliphatic rings. The second-order valence-electron chi connectivity index (χ2n) is 4.62. The van der Waals surface area contributed by atoms with Crippen LogP contribution in [0.15, 0.2) is 24.3 Å². The fraction of sp³-hybridized carbons (Fsp3) is 0.429. The van der Waals surface area contributed by atoms with Crippen molar-refractivity contribution in [2.45, 2.75) is 25.6 Å². The highest BCUT2D eigenvalue weighted by molar-refractivity contribution is 6.03. The molecule has 6 nitrogen and oxygen atoms in total. The summed E-state index contributed by atoms with van der Waals surface area (Å²) in [4.78, 5) is 22.2. The van der Waals surface area contributed by atoms with E-state index in [0.29, 0.717) is 11.3 Å². The standard InChI is InChI=1S/C14H20N2O4/c1-9(17)7-13(19)16-11-5-3-10(4-6-11)14(20)12(18)8-15-2/h3-6,12,14-15,18,20H,7-8H2,1-2H3,(H,16,19). The predicted octanol–water partition coefficient (Wildman–Crippen LogP) is 0.218. The van der Waals surface area contributed by atoms with E-state index in [1.807, 2.05) is 0 Å². The number of ketones is 1. The van der Waals surface area contributed by atoms with E-state index >= 15 is 0 Å². The van der Waals surface area contributed by atoms with Crippen molar-refractivity contribution in [2.24, 2.45) is 0 Å². The molecule has 0 bridgehead atoms. The van der Waals surface area contributed by atoms with Crippen LogP contribution in [0.25, 0.3) is 0 Å². The number of carbonyl (C=O) groups is 2. The van der Waals surface area contributed by atoms with Gasteiger partial charge in [0.15, 0.2) is 0 Å². The van der Waals surface area contributed by atoms with Crippen molar-refractivity contribution in [1.82, 2.24) is 5.32 Å². The van der Waals surface area contributed by atoms with E-state index in [-0.39, 0.29) is 24.7 Å². The summed E-state index contributed by atoms with van der Waals surface area (Å²) in [7, 11) is 1.68. The maximum Gasteiger partial charge on any atom is 0.231 e. The normalized spacial score (nSPS) is 13.6. The number of carbonyl (C=O) groups excluding carboxylic acids is 2. The molecule has 0 saturated heterocycles. The Kier molecular flexibility index (Phi) is 6.30. The average molecular weight is 280 g/mol. The predicted molar refractivity (Wildman–Crippen MR) is 75.3 cm³/mol. The van der Waals surface area contributed by atoms with Gasteiger partial charge in [0, 0.05) is 12.2 Å². The Bertz CT molecular complexity index is 459. The summed E-state index contributed by atoms with van der Waals surface area (Å²) in [6.07, 6.45) is -2.06. The first-order valence-corrected chi connectivity index (χ1v) is 6.34. The van der Waals surface area contributed by atoms with Crippen molar-refractivity contribution in [2.75, 3.05) is 18.9 Å². The van der Waals surface area contributed by atoms with Crippen LogP contribution in [0, 0.1) is 0 Å². The number of anilines is 1. The summed E-state index contributed by atoms with van der Waals surface area (Å²) >= 11 is 0. The highest BCUT2D eigenvalue weighted by Gasteiger charge is 2.17. The highest BCUT2D eigenvalue weighted by Crippen LogP contribution is 2.19. The van der Waals surface area contributed by atoms with Crippen LogP contribution < -0.4 is 10.6 Å². The van der Waals surface area contributed by atoms with Gasteiger partial charge in [0.2, 0.25) is 5.91 Å². The number of hydrogen-bond donors (Lipinski definition) is 4. The van der Waals surface area contributed by atoms with Crippen LogP contribution in [0.1, 0.15) is 25.0 Å². The molecule has 6 heteroatoms. The molecule has 0 fully saturated rings. The van der Waals surface area contributed by atoms with Crippen LogP contribution in [-0.2, 0) is 9.59 Å². The third kappa shape index (κ3) is 5.08. The molecular formula is C14H20N2O4. The first-order valence-electron chi connectivity index (χ1n) is 6.34. The van der Waals surface area contributed by atoms with Crippen LogP contribution in [0.2, 0.25) is 0 Å². The Morgan fingerprint density at radius 3 is 2.30 bits per heavy atom. The SMILES string of the molecule is CNCC(O)C(O)c1ccc(NC(=O)CC(C)=O)cc1. The molecule has 1 amide bonds. The number of hydrogen-bond acceptors (Lipinski definition) is 5. The van der Waals surface area contributed by atoms with Crippen molar-refractivity contribution >= 4 is 17.4 Å². The van der Waals surface area contributed by atoms with Crippen LogP contribution >= 0.6 is 0 Å². The molecule has 0 radical (unpaired) electrons. The molecule has 4 N–H and O–H groups in total. The van der Waals surface area contributed by atoms with Gasteiger partial charge in [0.1, 0.15) is 11.9 Å². The van der Waals surface area contributed by atoms with E-state index in [1.165, 1.54) is 6.92 Å². The summed E-state index contributed by atoms with van der Waals surface area (Å²) in [6, 6.07) is 6.46. The number of Topliss-reactive ketones (excluding diaryl/α,β-unsaturated/α-hetero) is 1. The van der Waals surface area contributed by atoms with E-state index in [9.17, 15) is 19.8 Å². The minimum Gasteiger partial charge on any atom is -0.389 e. The van der Waals surface area contributed by atoms with Gasteiger partial charge in [-0.05, 0) is 31.7 Å². The smallest absolute Gasteiger partial charge is 0.231 e. The molecule has 110 valence electrons. The van der Waals surface area contributed by atoms with Crippen LogP contribution in [0.5, 0.6) is 0 Å². The number of likely N-dealkylation sites (N-methyl/N-ethyl adjacent to an activating group) is 1. The maximum atomic E-state index is 11.4. The van der Waals surface area contributed by atoms with Gasteiger partial charge >= 0.3 is 0 Å². The van der Waals surface area contributed by atoms with Crippen molar-refractivity contribution in [3.05, 3.63) is 29.8 Å². The number of rotatable bonds is 7. The zero-order valence-electron chi connectivity index (χ0n) is 11.6. The lowest BCUT2D eigenvalue weighted by atomic mass is 10.0.